The maximum absolute atomic E-state index is 14.5. The number of ketones is 1. The summed E-state index contributed by atoms with van der Waals surface area (Å²) in [7, 11) is -0.393. The van der Waals surface area contributed by atoms with E-state index in [4.69, 9.17) is 6.42 Å². The molecule has 1 heterocycles. The quantitative estimate of drug-likeness (QED) is 0.122. The molecule has 264 valence electrons. The highest BCUT2D eigenvalue weighted by molar-refractivity contribution is 7.89. The molecule has 13 heteroatoms. The molecule has 4 aliphatic rings. The summed E-state index contributed by atoms with van der Waals surface area (Å²) in [5.74, 6) is 0.109. The Morgan fingerprint density at radius 3 is 2.21 bits per heavy atom. The molecular formula is C34H56N6O6S. The lowest BCUT2D eigenvalue weighted by atomic mass is 9.82. The van der Waals surface area contributed by atoms with Crippen LogP contribution in [0.25, 0.3) is 0 Å². The van der Waals surface area contributed by atoms with Gasteiger partial charge in [-0.1, -0.05) is 53.9 Å². The van der Waals surface area contributed by atoms with Crippen LogP contribution in [-0.2, 0) is 29.2 Å². The minimum Gasteiger partial charge on any atom is -0.347 e. The first-order valence-electron chi connectivity index (χ1n) is 17.1. The molecule has 6 unspecified atom stereocenters. The fraction of sp³-hybridized carbons (Fsp3) is 0.824. The smallest absolute Gasteiger partial charge is 0.289 e. The van der Waals surface area contributed by atoms with Crippen molar-refractivity contribution in [2.45, 2.75) is 129 Å². The molecule has 3 aliphatic carbocycles. The maximum atomic E-state index is 14.5. The number of hydrogen-bond donors (Lipinski definition) is 4. The molecule has 4 N–H and O–H groups in total. The van der Waals surface area contributed by atoms with Gasteiger partial charge in [-0.05, 0) is 55.3 Å². The van der Waals surface area contributed by atoms with Crippen molar-refractivity contribution in [1.82, 2.24) is 30.5 Å². The van der Waals surface area contributed by atoms with Gasteiger partial charge in [0, 0.05) is 38.6 Å². The summed E-state index contributed by atoms with van der Waals surface area (Å²) in [6.45, 7) is 12.3. The summed E-state index contributed by atoms with van der Waals surface area (Å²) < 4.78 is 27.3. The van der Waals surface area contributed by atoms with E-state index in [1.54, 1.807) is 19.0 Å². The predicted molar refractivity (Wildman–Crippen MR) is 180 cm³/mol. The maximum Gasteiger partial charge on any atom is 0.289 e. The molecule has 47 heavy (non-hydrogen) atoms. The lowest BCUT2D eigenvalue weighted by Crippen LogP contribution is -2.65. The van der Waals surface area contributed by atoms with Crippen molar-refractivity contribution >= 4 is 33.5 Å². The van der Waals surface area contributed by atoms with Gasteiger partial charge in [-0.2, -0.15) is 0 Å². The summed E-state index contributed by atoms with van der Waals surface area (Å²) in [5, 5.41) is 12.5. The van der Waals surface area contributed by atoms with E-state index in [1.165, 1.54) is 4.31 Å². The van der Waals surface area contributed by atoms with E-state index in [2.05, 4.69) is 41.0 Å². The van der Waals surface area contributed by atoms with Gasteiger partial charge >= 0.3 is 0 Å². The first-order chi connectivity index (χ1) is 21.7. The first kappa shape index (κ1) is 37.3. The number of fused-ring (bicyclic) bond motifs is 1. The fourth-order valence-electron chi connectivity index (χ4n) is 7.69. The topological polar surface area (TPSA) is 157 Å². The Balaban J connectivity index is 1.53. The number of Topliss-reactive ketones (excluding diaryl/α,β-unsaturated/α-hetero) is 1. The molecular weight excluding hydrogens is 620 g/mol. The lowest BCUT2D eigenvalue weighted by molar-refractivity contribution is -0.145. The molecule has 6 atom stereocenters. The van der Waals surface area contributed by atoms with Gasteiger partial charge in [0.25, 0.3) is 5.91 Å². The third-order valence-electron chi connectivity index (χ3n) is 10.7. The highest BCUT2D eigenvalue weighted by atomic mass is 32.2. The zero-order valence-electron chi connectivity index (χ0n) is 29.4. The Morgan fingerprint density at radius 1 is 1.06 bits per heavy atom. The number of hydrogen-bond acceptors (Lipinski definition) is 8. The molecule has 3 saturated carbocycles. The molecule has 12 nitrogen and oxygen atoms in total. The van der Waals surface area contributed by atoms with Gasteiger partial charge in [0.15, 0.2) is 0 Å². The molecule has 0 aromatic rings. The largest absolute Gasteiger partial charge is 0.347 e. The van der Waals surface area contributed by atoms with Gasteiger partial charge in [-0.3, -0.25) is 29.8 Å². The SMILES string of the molecule is C#CCC(NC(=O)C1C2C(CN1C(=O)C(NC(C)NC1(CS(=O)(=O)N(C)C)CCCCC1)C(C)(C)C)C2(C)C)C(=O)C(=O)NC1CC1. The van der Waals surface area contributed by atoms with Gasteiger partial charge in [0.1, 0.15) is 12.1 Å². The molecule has 0 spiro atoms. The second-order valence-electron chi connectivity index (χ2n) is 16.2. The van der Waals surface area contributed by atoms with E-state index in [-0.39, 0.29) is 41.4 Å². The summed E-state index contributed by atoms with van der Waals surface area (Å²) in [6, 6.07) is -2.74. The van der Waals surface area contributed by atoms with Crippen molar-refractivity contribution < 1.29 is 27.6 Å². The Kier molecular flexibility index (Phi) is 10.9. The van der Waals surface area contributed by atoms with Crippen molar-refractivity contribution in [3.8, 4) is 12.3 Å². The van der Waals surface area contributed by atoms with E-state index < -0.39 is 62.9 Å². The standard InChI is InChI=1S/C34H56N6O6S/c1-10-14-24(27(41)30(43)36-22-15-16-22)37-29(42)26-25-23(33(25,6)7)19-40(26)31(44)28(32(3,4)5)35-21(2)38-34(17-12-11-13-18-34)20-47(45,46)39(8)9/h1,21-26,28,35,38H,11-20H2,2-9H3,(H,36,43)(H,37,42). The summed E-state index contributed by atoms with van der Waals surface area (Å²) >= 11 is 0. The Hall–Kier alpha value is -2.53. The average molecular weight is 677 g/mol. The van der Waals surface area contributed by atoms with E-state index in [9.17, 15) is 27.6 Å². The van der Waals surface area contributed by atoms with Gasteiger partial charge in [-0.15, -0.1) is 12.3 Å². The van der Waals surface area contributed by atoms with Crippen LogP contribution in [0.4, 0.5) is 0 Å². The van der Waals surface area contributed by atoms with E-state index >= 15 is 0 Å². The second kappa shape index (κ2) is 13.8. The van der Waals surface area contributed by atoms with Crippen molar-refractivity contribution in [3.63, 3.8) is 0 Å². The highest BCUT2D eigenvalue weighted by Gasteiger charge is 2.70. The zero-order valence-corrected chi connectivity index (χ0v) is 30.3. The molecule has 0 radical (unpaired) electrons. The highest BCUT2D eigenvalue weighted by Crippen LogP contribution is 2.65. The second-order valence-corrected chi connectivity index (χ2v) is 18.4. The number of likely N-dealkylation sites (tertiary alicyclic amines) is 1. The number of terminal acetylenes is 1. The van der Waals surface area contributed by atoms with E-state index in [0.29, 0.717) is 19.4 Å². The van der Waals surface area contributed by atoms with E-state index in [1.807, 2.05) is 27.7 Å². The predicted octanol–water partition coefficient (Wildman–Crippen LogP) is 1.36. The average Bonchev–Trinajstić information content (AvgIpc) is 3.81. The minimum atomic E-state index is -3.48. The van der Waals surface area contributed by atoms with Gasteiger partial charge in [-0.25, -0.2) is 12.7 Å². The number of nitrogens with one attached hydrogen (secondary N) is 4. The van der Waals surface area contributed by atoms with Crippen molar-refractivity contribution in [3.05, 3.63) is 0 Å². The van der Waals surface area contributed by atoms with Crippen molar-refractivity contribution in [1.29, 1.82) is 0 Å². The summed E-state index contributed by atoms with van der Waals surface area (Å²) in [5.41, 5.74) is -1.36. The molecule has 3 amide bonds. The van der Waals surface area contributed by atoms with Crippen LogP contribution < -0.4 is 21.3 Å². The van der Waals surface area contributed by atoms with Crippen LogP contribution in [0.2, 0.25) is 0 Å². The summed E-state index contributed by atoms with van der Waals surface area (Å²) in [4.78, 5) is 55.6. The monoisotopic (exact) mass is 676 g/mol. The minimum absolute atomic E-state index is 0.0197. The Bertz CT molecular complexity index is 1370. The fourth-order valence-corrected chi connectivity index (χ4v) is 9.01. The van der Waals surface area contributed by atoms with Crippen LogP contribution in [0.3, 0.4) is 0 Å². The number of rotatable bonds is 14. The number of carbonyl (C=O) groups is 4. The number of piperidine rings is 1. The van der Waals surface area contributed by atoms with Crippen LogP contribution in [0, 0.1) is 35.0 Å². The molecule has 0 aromatic carbocycles. The third kappa shape index (κ3) is 8.38. The third-order valence-corrected chi connectivity index (χ3v) is 12.8. The molecule has 0 bridgehead atoms. The first-order valence-corrected chi connectivity index (χ1v) is 18.7. The van der Waals surface area contributed by atoms with Crippen LogP contribution in [0.5, 0.6) is 0 Å². The molecule has 4 fully saturated rings. The Morgan fingerprint density at radius 2 is 1.68 bits per heavy atom. The zero-order chi connectivity index (χ0) is 35.1. The normalized spacial score (nSPS) is 26.8. The number of nitrogens with zero attached hydrogens (tertiary/aromatic N) is 2. The lowest BCUT2D eigenvalue weighted by Gasteiger charge is -2.43. The molecule has 1 aliphatic heterocycles. The van der Waals surface area contributed by atoms with Crippen molar-refractivity contribution in [2.24, 2.45) is 22.7 Å². The molecule has 0 aromatic heterocycles. The van der Waals surface area contributed by atoms with E-state index in [0.717, 1.165) is 32.1 Å². The molecule has 4 rings (SSSR count). The van der Waals surface area contributed by atoms with Crippen LogP contribution in [0.1, 0.15) is 92.9 Å². The van der Waals surface area contributed by atoms with Gasteiger partial charge < -0.3 is 15.5 Å². The number of amides is 3. The van der Waals surface area contributed by atoms with Gasteiger partial charge in [0.2, 0.25) is 27.6 Å². The number of sulfonamides is 1. The Labute approximate surface area is 281 Å². The van der Waals surface area contributed by atoms with Crippen LogP contribution in [0.15, 0.2) is 0 Å². The van der Waals surface area contributed by atoms with Crippen LogP contribution in [-0.4, -0.2) is 103 Å². The van der Waals surface area contributed by atoms with Gasteiger partial charge in [0.05, 0.1) is 18.0 Å². The van der Waals surface area contributed by atoms with Crippen molar-refractivity contribution in [2.75, 3.05) is 26.4 Å². The van der Waals surface area contributed by atoms with Crippen LogP contribution >= 0.6 is 0 Å². The number of carbonyl (C=O) groups excluding carboxylic acids is 4. The molecule has 1 saturated heterocycles. The summed E-state index contributed by atoms with van der Waals surface area (Å²) in [6.07, 6.45) is 10.9.